The van der Waals surface area contributed by atoms with Gasteiger partial charge in [-0.3, -0.25) is 0 Å². The largest absolute Gasteiger partial charge is 0.389 e. The van der Waals surface area contributed by atoms with Crippen molar-refractivity contribution in [2.24, 2.45) is 11.8 Å². The van der Waals surface area contributed by atoms with Crippen LogP contribution in [0, 0.1) is 11.8 Å². The number of likely N-dealkylation sites (N-methyl/N-ethyl adjacent to an activating group) is 1. The highest BCUT2D eigenvalue weighted by atomic mass is 16.5. The molecule has 0 heterocycles. The van der Waals surface area contributed by atoms with Crippen LogP contribution in [-0.4, -0.2) is 49.5 Å². The summed E-state index contributed by atoms with van der Waals surface area (Å²) in [6.45, 7) is 1.19. The molecule has 4 unspecified atom stereocenters. The number of hydrogen-bond acceptors (Lipinski definition) is 3. The first kappa shape index (κ1) is 15.3. The quantitative estimate of drug-likeness (QED) is 0.833. The van der Waals surface area contributed by atoms with Gasteiger partial charge in [-0.05, 0) is 51.6 Å². The molecule has 0 amide bonds. The van der Waals surface area contributed by atoms with Crippen LogP contribution >= 0.6 is 0 Å². The van der Waals surface area contributed by atoms with Crippen molar-refractivity contribution in [2.75, 3.05) is 27.2 Å². The fraction of sp³-hybridized carbons (Fsp3) is 1.00. The Hall–Kier alpha value is -0.120. The summed E-state index contributed by atoms with van der Waals surface area (Å²) in [7, 11) is 3.97. The Kier molecular flexibility index (Phi) is 6.11. The molecule has 19 heavy (non-hydrogen) atoms. The average Bonchev–Trinajstić information content (AvgIpc) is 3.10. The SMILES string of the molecule is CN(C)CC(O)COC1CCCCCC2CC2CC1. The Balaban J connectivity index is 1.67. The Morgan fingerprint density at radius 1 is 1.05 bits per heavy atom. The van der Waals surface area contributed by atoms with Crippen molar-refractivity contribution in [3.63, 3.8) is 0 Å². The minimum Gasteiger partial charge on any atom is -0.389 e. The third kappa shape index (κ3) is 5.80. The lowest BCUT2D eigenvalue weighted by molar-refractivity contribution is -0.0251. The van der Waals surface area contributed by atoms with Crippen LogP contribution in [0.1, 0.15) is 51.4 Å². The average molecular weight is 269 g/mol. The van der Waals surface area contributed by atoms with Crippen molar-refractivity contribution in [3.05, 3.63) is 0 Å². The summed E-state index contributed by atoms with van der Waals surface area (Å²) in [5.41, 5.74) is 0. The normalized spacial score (nSPS) is 33.8. The van der Waals surface area contributed by atoms with Crippen LogP contribution in [0.4, 0.5) is 0 Å². The van der Waals surface area contributed by atoms with E-state index < -0.39 is 0 Å². The van der Waals surface area contributed by atoms with Gasteiger partial charge >= 0.3 is 0 Å². The third-order valence-electron chi connectivity index (χ3n) is 4.63. The first-order valence-electron chi connectivity index (χ1n) is 8.09. The molecule has 112 valence electrons. The second-order valence-corrected chi connectivity index (χ2v) is 6.84. The summed E-state index contributed by atoms with van der Waals surface area (Å²) < 4.78 is 5.97. The van der Waals surface area contributed by atoms with Crippen LogP contribution in [0.5, 0.6) is 0 Å². The molecule has 2 saturated carbocycles. The van der Waals surface area contributed by atoms with Crippen molar-refractivity contribution in [1.82, 2.24) is 4.90 Å². The van der Waals surface area contributed by atoms with E-state index >= 15 is 0 Å². The lowest BCUT2D eigenvalue weighted by Gasteiger charge is -2.22. The molecule has 1 N–H and O–H groups in total. The summed E-state index contributed by atoms with van der Waals surface area (Å²) in [4.78, 5) is 2.01. The summed E-state index contributed by atoms with van der Waals surface area (Å²) in [6, 6.07) is 0. The van der Waals surface area contributed by atoms with Gasteiger partial charge in [-0.1, -0.05) is 25.7 Å². The predicted molar refractivity (Wildman–Crippen MR) is 78.2 cm³/mol. The first-order valence-corrected chi connectivity index (χ1v) is 8.09. The van der Waals surface area contributed by atoms with Gasteiger partial charge in [0.25, 0.3) is 0 Å². The Morgan fingerprint density at radius 3 is 2.58 bits per heavy atom. The molecule has 0 aromatic heterocycles. The molecule has 0 aliphatic heterocycles. The highest BCUT2D eigenvalue weighted by molar-refractivity contribution is 4.87. The van der Waals surface area contributed by atoms with Crippen molar-refractivity contribution < 1.29 is 9.84 Å². The summed E-state index contributed by atoms with van der Waals surface area (Å²) in [5.74, 6) is 2.04. The molecule has 3 nitrogen and oxygen atoms in total. The fourth-order valence-corrected chi connectivity index (χ4v) is 3.41. The number of rotatable bonds is 5. The van der Waals surface area contributed by atoms with Crippen molar-refractivity contribution in [3.8, 4) is 0 Å². The molecule has 2 aliphatic carbocycles. The van der Waals surface area contributed by atoms with Crippen LogP contribution in [0.3, 0.4) is 0 Å². The van der Waals surface area contributed by atoms with Crippen molar-refractivity contribution in [1.29, 1.82) is 0 Å². The second-order valence-electron chi connectivity index (χ2n) is 6.84. The summed E-state index contributed by atoms with van der Waals surface area (Å²) >= 11 is 0. The molecule has 3 heteroatoms. The number of ether oxygens (including phenoxy) is 1. The van der Waals surface area contributed by atoms with Gasteiger partial charge in [0.15, 0.2) is 0 Å². The number of hydrogen-bond donors (Lipinski definition) is 1. The molecular weight excluding hydrogens is 238 g/mol. The zero-order valence-electron chi connectivity index (χ0n) is 12.7. The van der Waals surface area contributed by atoms with Crippen LogP contribution in [0.25, 0.3) is 0 Å². The highest BCUT2D eigenvalue weighted by Gasteiger charge is 2.36. The summed E-state index contributed by atoms with van der Waals surface area (Å²) in [5, 5.41) is 9.87. The third-order valence-corrected chi connectivity index (χ3v) is 4.63. The Morgan fingerprint density at radius 2 is 1.79 bits per heavy atom. The zero-order valence-corrected chi connectivity index (χ0v) is 12.7. The van der Waals surface area contributed by atoms with Gasteiger partial charge in [0.2, 0.25) is 0 Å². The standard InChI is InChI=1S/C16H31NO2/c1-17(2)11-15(18)12-19-16-7-5-3-4-6-13-10-14(13)8-9-16/h13-16,18H,3-12H2,1-2H3. The molecule has 0 saturated heterocycles. The van der Waals surface area contributed by atoms with Gasteiger partial charge in [-0.15, -0.1) is 0 Å². The smallest absolute Gasteiger partial charge is 0.0900 e. The Labute approximate surface area is 118 Å². The van der Waals surface area contributed by atoms with Gasteiger partial charge in [0, 0.05) is 6.54 Å². The number of fused-ring (bicyclic) bond motifs is 1. The molecule has 0 bridgehead atoms. The second kappa shape index (κ2) is 7.61. The molecule has 2 aliphatic rings. The van der Waals surface area contributed by atoms with Gasteiger partial charge < -0.3 is 14.7 Å². The topological polar surface area (TPSA) is 32.7 Å². The Bertz CT molecular complexity index is 257. The maximum Gasteiger partial charge on any atom is 0.0900 e. The summed E-state index contributed by atoms with van der Waals surface area (Å²) in [6.07, 6.45) is 10.8. The van der Waals surface area contributed by atoms with Gasteiger partial charge in [-0.25, -0.2) is 0 Å². The minimum atomic E-state index is -0.348. The zero-order chi connectivity index (χ0) is 13.7. The van der Waals surface area contributed by atoms with E-state index in [-0.39, 0.29) is 6.10 Å². The molecule has 0 aromatic rings. The van der Waals surface area contributed by atoms with Gasteiger partial charge in [0.1, 0.15) is 0 Å². The van der Waals surface area contributed by atoms with E-state index in [1.165, 1.54) is 51.4 Å². The van der Waals surface area contributed by atoms with E-state index in [0.717, 1.165) is 11.8 Å². The predicted octanol–water partition coefficient (Wildman–Crippen LogP) is 2.67. The maximum absolute atomic E-state index is 9.87. The van der Waals surface area contributed by atoms with Crippen LogP contribution in [-0.2, 0) is 4.74 Å². The molecule has 4 atom stereocenters. The van der Waals surface area contributed by atoms with E-state index in [4.69, 9.17) is 4.74 Å². The van der Waals surface area contributed by atoms with E-state index in [2.05, 4.69) is 0 Å². The monoisotopic (exact) mass is 269 g/mol. The van der Waals surface area contributed by atoms with E-state index in [1.54, 1.807) is 0 Å². The van der Waals surface area contributed by atoms with Gasteiger partial charge in [0.05, 0.1) is 18.8 Å². The first-order chi connectivity index (χ1) is 9.15. The molecule has 2 fully saturated rings. The molecule has 0 radical (unpaired) electrons. The molecule has 0 aromatic carbocycles. The van der Waals surface area contributed by atoms with E-state index in [1.807, 2.05) is 19.0 Å². The number of aliphatic hydroxyl groups is 1. The van der Waals surface area contributed by atoms with Crippen LogP contribution in [0.2, 0.25) is 0 Å². The van der Waals surface area contributed by atoms with Crippen LogP contribution in [0.15, 0.2) is 0 Å². The maximum atomic E-state index is 9.87. The number of nitrogens with zero attached hydrogens (tertiary/aromatic N) is 1. The van der Waals surface area contributed by atoms with E-state index in [9.17, 15) is 5.11 Å². The lowest BCUT2D eigenvalue weighted by Crippen LogP contribution is -2.31. The van der Waals surface area contributed by atoms with Gasteiger partial charge in [-0.2, -0.15) is 0 Å². The minimum absolute atomic E-state index is 0.348. The molecule has 2 rings (SSSR count). The number of aliphatic hydroxyl groups excluding tert-OH is 1. The molecule has 0 spiro atoms. The van der Waals surface area contributed by atoms with Crippen molar-refractivity contribution in [2.45, 2.75) is 63.6 Å². The van der Waals surface area contributed by atoms with Crippen molar-refractivity contribution >= 4 is 0 Å². The highest BCUT2D eigenvalue weighted by Crippen LogP contribution is 2.46. The lowest BCUT2D eigenvalue weighted by atomic mass is 9.99. The molecular formula is C16H31NO2. The fourth-order valence-electron chi connectivity index (χ4n) is 3.41. The van der Waals surface area contributed by atoms with E-state index in [0.29, 0.717) is 19.3 Å². The van der Waals surface area contributed by atoms with Crippen LogP contribution < -0.4 is 0 Å².